The largest absolute Gasteiger partial charge is 0.332 e. The second-order valence-corrected chi connectivity index (χ2v) is 9.15. The second-order valence-electron chi connectivity index (χ2n) is 7.09. The zero-order valence-electron chi connectivity index (χ0n) is 14.2. The van der Waals surface area contributed by atoms with Crippen molar-refractivity contribution in [2.24, 2.45) is 5.92 Å². The van der Waals surface area contributed by atoms with E-state index in [1.807, 2.05) is 0 Å². The average molecular weight is 397 g/mol. The van der Waals surface area contributed by atoms with E-state index >= 15 is 0 Å². The number of carbonyl (C=O) groups excluding carboxylic acids is 1. The fourth-order valence-corrected chi connectivity index (χ4v) is 5.57. The Morgan fingerprint density at radius 2 is 1.60 bits per heavy atom. The number of halogens is 1. The molecule has 2 bridgehead atoms. The summed E-state index contributed by atoms with van der Waals surface area (Å²) < 4.78 is 0. The number of nitrogens with zero attached hydrogens (tertiary/aromatic N) is 1. The molecular formula is C19H25ClN2OS2. The summed E-state index contributed by atoms with van der Waals surface area (Å²) in [5.41, 5.74) is 0. The van der Waals surface area contributed by atoms with Gasteiger partial charge in [-0.15, -0.1) is 35.1 Å². The maximum absolute atomic E-state index is 13.0. The first-order valence-corrected chi connectivity index (χ1v) is 10.6. The molecule has 0 aliphatic carbocycles. The van der Waals surface area contributed by atoms with Crippen LogP contribution in [0.3, 0.4) is 0 Å². The van der Waals surface area contributed by atoms with Crippen LogP contribution in [0.15, 0.2) is 35.0 Å². The number of thiophene rings is 2. The van der Waals surface area contributed by atoms with E-state index in [2.05, 4.69) is 45.2 Å². The molecule has 3 nitrogen and oxygen atoms in total. The molecule has 25 heavy (non-hydrogen) atoms. The van der Waals surface area contributed by atoms with Gasteiger partial charge in [0.2, 0.25) is 5.91 Å². The Morgan fingerprint density at radius 1 is 1.04 bits per heavy atom. The lowest BCUT2D eigenvalue weighted by atomic mass is 9.89. The minimum atomic E-state index is 0. The van der Waals surface area contributed by atoms with Crippen LogP contribution in [0.25, 0.3) is 0 Å². The van der Waals surface area contributed by atoms with Gasteiger partial charge in [0.05, 0.1) is 13.1 Å². The molecule has 0 radical (unpaired) electrons. The third-order valence-electron chi connectivity index (χ3n) is 5.24. The van der Waals surface area contributed by atoms with E-state index in [0.29, 0.717) is 30.3 Å². The first-order valence-electron chi connectivity index (χ1n) is 8.85. The van der Waals surface area contributed by atoms with Crippen LogP contribution in [0.4, 0.5) is 0 Å². The lowest BCUT2D eigenvalue weighted by Crippen LogP contribution is -2.40. The van der Waals surface area contributed by atoms with Gasteiger partial charge in [0.1, 0.15) is 0 Å². The molecule has 2 atom stereocenters. The molecule has 2 saturated heterocycles. The topological polar surface area (TPSA) is 32.3 Å². The van der Waals surface area contributed by atoms with Crippen molar-refractivity contribution in [3.63, 3.8) is 0 Å². The minimum absolute atomic E-state index is 0. The number of nitrogens with one attached hydrogen (secondary N) is 1. The van der Waals surface area contributed by atoms with Crippen LogP contribution in [-0.4, -0.2) is 22.9 Å². The maximum atomic E-state index is 13.0. The lowest BCUT2D eigenvalue weighted by Gasteiger charge is -2.30. The molecule has 136 valence electrons. The molecule has 0 saturated carbocycles. The first-order chi connectivity index (χ1) is 11.8. The van der Waals surface area contributed by atoms with E-state index in [1.165, 1.54) is 35.4 Å². The molecule has 4 rings (SSSR count). The van der Waals surface area contributed by atoms with Gasteiger partial charge in [-0.05, 0) is 54.5 Å². The smallest absolute Gasteiger partial charge is 0.223 e. The molecular weight excluding hydrogens is 372 g/mol. The van der Waals surface area contributed by atoms with E-state index < -0.39 is 0 Å². The highest BCUT2D eigenvalue weighted by Crippen LogP contribution is 2.33. The summed E-state index contributed by atoms with van der Waals surface area (Å²) in [5, 5.41) is 7.86. The molecule has 2 fully saturated rings. The molecule has 2 aliphatic heterocycles. The number of rotatable bonds is 6. The predicted molar refractivity (Wildman–Crippen MR) is 107 cm³/mol. The molecule has 4 heterocycles. The maximum Gasteiger partial charge on any atom is 0.223 e. The van der Waals surface area contributed by atoms with Gasteiger partial charge >= 0.3 is 0 Å². The molecule has 2 aliphatic rings. The Labute approximate surface area is 163 Å². The van der Waals surface area contributed by atoms with Gasteiger partial charge in [0, 0.05) is 28.3 Å². The van der Waals surface area contributed by atoms with Crippen LogP contribution >= 0.6 is 35.1 Å². The van der Waals surface area contributed by atoms with Crippen LogP contribution < -0.4 is 5.32 Å². The lowest BCUT2D eigenvalue weighted by molar-refractivity contribution is -0.133. The second kappa shape index (κ2) is 8.67. The van der Waals surface area contributed by atoms with Crippen LogP contribution in [0.5, 0.6) is 0 Å². The van der Waals surface area contributed by atoms with Crippen molar-refractivity contribution in [1.82, 2.24) is 10.2 Å². The number of fused-ring (bicyclic) bond motifs is 2. The van der Waals surface area contributed by atoms with Crippen LogP contribution in [0.1, 0.15) is 41.9 Å². The van der Waals surface area contributed by atoms with E-state index in [0.717, 1.165) is 13.1 Å². The van der Waals surface area contributed by atoms with Gasteiger partial charge in [-0.25, -0.2) is 0 Å². The Balaban J connectivity index is 0.00000182. The Bertz CT molecular complexity index is 611. The van der Waals surface area contributed by atoms with Crippen molar-refractivity contribution < 1.29 is 4.79 Å². The summed E-state index contributed by atoms with van der Waals surface area (Å²) >= 11 is 3.48. The summed E-state index contributed by atoms with van der Waals surface area (Å²) in [6.45, 7) is 1.48. The highest BCUT2D eigenvalue weighted by molar-refractivity contribution is 7.10. The summed E-state index contributed by atoms with van der Waals surface area (Å²) in [6, 6.07) is 9.71. The van der Waals surface area contributed by atoms with Gasteiger partial charge in [0.25, 0.3) is 0 Å². The zero-order valence-corrected chi connectivity index (χ0v) is 16.7. The van der Waals surface area contributed by atoms with E-state index in [1.54, 1.807) is 22.7 Å². The van der Waals surface area contributed by atoms with Gasteiger partial charge in [-0.3, -0.25) is 4.79 Å². The van der Waals surface area contributed by atoms with Gasteiger partial charge in [-0.2, -0.15) is 0 Å². The number of hydrogen-bond donors (Lipinski definition) is 1. The molecule has 1 amide bonds. The van der Waals surface area contributed by atoms with E-state index in [4.69, 9.17) is 0 Å². The van der Waals surface area contributed by atoms with Crippen molar-refractivity contribution in [3.8, 4) is 0 Å². The quantitative estimate of drug-likeness (QED) is 0.768. The number of amides is 1. The van der Waals surface area contributed by atoms with Gasteiger partial charge < -0.3 is 10.2 Å². The molecule has 1 N–H and O–H groups in total. The molecule has 6 heteroatoms. The fraction of sp³-hybridized carbons (Fsp3) is 0.526. The summed E-state index contributed by atoms with van der Waals surface area (Å²) in [7, 11) is 0. The van der Waals surface area contributed by atoms with E-state index in [9.17, 15) is 4.79 Å². The number of carbonyl (C=O) groups is 1. The van der Waals surface area contributed by atoms with Crippen molar-refractivity contribution >= 4 is 41.0 Å². The normalized spacial score (nSPS) is 24.7. The average Bonchev–Trinajstić information content (AvgIpc) is 3.30. The third kappa shape index (κ3) is 4.85. The van der Waals surface area contributed by atoms with Crippen molar-refractivity contribution in [1.29, 1.82) is 0 Å². The Morgan fingerprint density at radius 3 is 2.08 bits per heavy atom. The van der Waals surface area contributed by atoms with E-state index in [-0.39, 0.29) is 12.4 Å². The van der Waals surface area contributed by atoms with Crippen LogP contribution in [0, 0.1) is 5.92 Å². The number of piperidine rings is 1. The monoisotopic (exact) mass is 396 g/mol. The minimum Gasteiger partial charge on any atom is -0.332 e. The van der Waals surface area contributed by atoms with Gasteiger partial charge in [-0.1, -0.05) is 12.1 Å². The van der Waals surface area contributed by atoms with Crippen LogP contribution in [0.2, 0.25) is 0 Å². The summed E-state index contributed by atoms with van der Waals surface area (Å²) in [6.07, 6.45) is 5.65. The molecule has 2 aromatic heterocycles. The summed E-state index contributed by atoms with van der Waals surface area (Å²) in [4.78, 5) is 17.6. The molecule has 2 unspecified atom stereocenters. The van der Waals surface area contributed by atoms with Crippen molar-refractivity contribution in [3.05, 3.63) is 44.8 Å². The standard InChI is InChI=1S/C19H24N2OS2.ClH/c22-19(11-14-9-15-5-6-16(10-14)20-15)21(12-17-3-1-7-23-17)13-18-4-2-8-24-18;/h1-4,7-8,14-16,20H,5-6,9-13H2;1H. The third-order valence-corrected chi connectivity index (χ3v) is 6.96. The van der Waals surface area contributed by atoms with Crippen molar-refractivity contribution in [2.45, 2.75) is 57.3 Å². The summed E-state index contributed by atoms with van der Waals surface area (Å²) in [5.74, 6) is 0.883. The van der Waals surface area contributed by atoms with Crippen molar-refractivity contribution in [2.75, 3.05) is 0 Å². The van der Waals surface area contributed by atoms with Crippen LogP contribution in [-0.2, 0) is 17.9 Å². The zero-order chi connectivity index (χ0) is 16.4. The molecule has 0 spiro atoms. The Kier molecular flexibility index (Phi) is 6.55. The number of hydrogen-bond acceptors (Lipinski definition) is 4. The Hall–Kier alpha value is -0.880. The first kappa shape index (κ1) is 18.9. The predicted octanol–water partition coefficient (Wildman–Crippen LogP) is 4.68. The molecule has 0 aromatic carbocycles. The highest BCUT2D eigenvalue weighted by atomic mass is 35.5. The molecule has 2 aromatic rings. The SMILES string of the molecule is Cl.O=C(CC1CC2CCC(C1)N2)N(Cc1cccs1)Cc1cccs1. The van der Waals surface area contributed by atoms with Gasteiger partial charge in [0.15, 0.2) is 0 Å². The fourth-order valence-electron chi connectivity index (χ4n) is 4.13. The highest BCUT2D eigenvalue weighted by Gasteiger charge is 2.34.